The third kappa shape index (κ3) is 3.49. The molecule has 0 saturated carbocycles. The lowest BCUT2D eigenvalue weighted by atomic mass is 10.1. The molecule has 0 atom stereocenters. The molecule has 0 radical (unpaired) electrons. The Hall–Kier alpha value is -2.25. The highest BCUT2D eigenvalue weighted by molar-refractivity contribution is 7.14. The van der Waals surface area contributed by atoms with Crippen molar-refractivity contribution in [3.8, 4) is 16.5 Å². The summed E-state index contributed by atoms with van der Waals surface area (Å²) in [5.41, 5.74) is 0.918. The zero-order valence-corrected chi connectivity index (χ0v) is 13.4. The number of hydrogen-bond donors (Lipinski definition) is 1. The fourth-order valence-corrected chi connectivity index (χ4v) is 3.19. The Morgan fingerprint density at radius 1 is 1.27 bits per heavy atom. The summed E-state index contributed by atoms with van der Waals surface area (Å²) in [5.74, 6) is 1.31. The molecule has 0 spiro atoms. The number of rotatable bonds is 5. The summed E-state index contributed by atoms with van der Waals surface area (Å²) in [6.07, 6.45) is 0.290. The Kier molecular flexibility index (Phi) is 4.45. The zero-order valence-electron chi connectivity index (χ0n) is 11.8. The number of thiophene rings is 1. The molecule has 0 saturated heterocycles. The Balaban J connectivity index is 1.61. The monoisotopic (exact) mass is 331 g/mol. The number of amides is 1. The minimum atomic E-state index is -0.112. The van der Waals surface area contributed by atoms with E-state index in [9.17, 15) is 4.79 Å². The quantitative estimate of drug-likeness (QED) is 0.778. The molecule has 112 valence electrons. The second-order valence-electron chi connectivity index (χ2n) is 4.47. The third-order valence-electron chi connectivity index (χ3n) is 2.94. The van der Waals surface area contributed by atoms with Gasteiger partial charge in [-0.1, -0.05) is 18.2 Å². The number of carbonyl (C=O) groups excluding carboxylic acids is 1. The average Bonchev–Trinajstić information content (AvgIpc) is 3.19. The molecule has 1 N–H and O–H groups in total. The van der Waals surface area contributed by atoms with Crippen LogP contribution in [0.5, 0.6) is 5.75 Å². The molecule has 3 aromatic rings. The smallest absolute Gasteiger partial charge is 0.230 e. The summed E-state index contributed by atoms with van der Waals surface area (Å²) in [6.45, 7) is 0. The molecular formula is C15H13N3O2S2. The Morgan fingerprint density at radius 2 is 2.09 bits per heavy atom. The maximum Gasteiger partial charge on any atom is 0.230 e. The van der Waals surface area contributed by atoms with Gasteiger partial charge in [-0.2, -0.15) is 9.36 Å². The number of nitrogens with zero attached hydrogens (tertiary/aromatic N) is 2. The van der Waals surface area contributed by atoms with E-state index in [1.807, 2.05) is 41.8 Å². The topological polar surface area (TPSA) is 64.1 Å². The highest BCUT2D eigenvalue weighted by atomic mass is 32.1. The first-order valence-electron chi connectivity index (χ1n) is 6.55. The van der Waals surface area contributed by atoms with Crippen molar-refractivity contribution in [1.82, 2.24) is 9.36 Å². The molecular weight excluding hydrogens is 318 g/mol. The molecule has 0 bridgehead atoms. The van der Waals surface area contributed by atoms with Crippen LogP contribution < -0.4 is 10.1 Å². The fourth-order valence-electron chi connectivity index (χ4n) is 1.87. The van der Waals surface area contributed by atoms with Gasteiger partial charge in [-0.15, -0.1) is 11.3 Å². The van der Waals surface area contributed by atoms with Crippen molar-refractivity contribution in [2.24, 2.45) is 0 Å². The number of benzene rings is 1. The molecule has 2 aromatic heterocycles. The number of hydrogen-bond acceptors (Lipinski definition) is 6. The summed E-state index contributed by atoms with van der Waals surface area (Å²) in [4.78, 5) is 17.4. The van der Waals surface area contributed by atoms with Crippen LogP contribution in [-0.4, -0.2) is 22.4 Å². The SMILES string of the molecule is COc1ccc(CC(=O)Nc2nc(-c3cccs3)ns2)cc1. The first-order valence-corrected chi connectivity index (χ1v) is 8.20. The van der Waals surface area contributed by atoms with E-state index in [1.54, 1.807) is 18.4 Å². The molecule has 0 aliphatic heterocycles. The molecule has 22 heavy (non-hydrogen) atoms. The highest BCUT2D eigenvalue weighted by Crippen LogP contribution is 2.25. The van der Waals surface area contributed by atoms with Crippen molar-refractivity contribution in [1.29, 1.82) is 0 Å². The number of carbonyl (C=O) groups is 1. The third-order valence-corrected chi connectivity index (χ3v) is 4.43. The van der Waals surface area contributed by atoms with Crippen LogP contribution in [0.25, 0.3) is 10.7 Å². The van der Waals surface area contributed by atoms with E-state index in [2.05, 4.69) is 14.7 Å². The lowest BCUT2D eigenvalue weighted by molar-refractivity contribution is -0.115. The normalized spacial score (nSPS) is 10.4. The number of nitrogens with one attached hydrogen (secondary N) is 1. The van der Waals surface area contributed by atoms with Gasteiger partial charge in [0.1, 0.15) is 5.75 Å². The van der Waals surface area contributed by atoms with Gasteiger partial charge in [-0.05, 0) is 29.1 Å². The predicted molar refractivity (Wildman–Crippen MR) is 88.5 cm³/mol. The van der Waals surface area contributed by atoms with Crippen LogP contribution in [0.2, 0.25) is 0 Å². The van der Waals surface area contributed by atoms with Crippen LogP contribution >= 0.6 is 22.9 Å². The van der Waals surface area contributed by atoms with Crippen LogP contribution in [0.3, 0.4) is 0 Å². The van der Waals surface area contributed by atoms with Gasteiger partial charge in [0.25, 0.3) is 0 Å². The van der Waals surface area contributed by atoms with Gasteiger partial charge in [0.15, 0.2) is 5.82 Å². The van der Waals surface area contributed by atoms with Gasteiger partial charge in [0.05, 0.1) is 18.4 Å². The van der Waals surface area contributed by atoms with Crippen molar-refractivity contribution in [3.63, 3.8) is 0 Å². The van der Waals surface area contributed by atoms with Crippen molar-refractivity contribution in [3.05, 3.63) is 47.3 Å². The van der Waals surface area contributed by atoms with E-state index < -0.39 is 0 Å². The van der Waals surface area contributed by atoms with Gasteiger partial charge in [0.2, 0.25) is 11.0 Å². The Bertz CT molecular complexity index is 751. The first kappa shape index (κ1) is 14.7. The van der Waals surface area contributed by atoms with Crippen LogP contribution in [0.4, 0.5) is 5.13 Å². The molecule has 7 heteroatoms. The van der Waals surface area contributed by atoms with Crippen LogP contribution in [0.15, 0.2) is 41.8 Å². The summed E-state index contributed by atoms with van der Waals surface area (Å²) in [7, 11) is 1.61. The predicted octanol–water partition coefficient (Wildman–Crippen LogP) is 3.46. The van der Waals surface area contributed by atoms with Crippen LogP contribution in [0, 0.1) is 0 Å². The van der Waals surface area contributed by atoms with Crippen LogP contribution in [-0.2, 0) is 11.2 Å². The van der Waals surface area contributed by atoms with Crippen molar-refractivity contribution in [2.75, 3.05) is 12.4 Å². The van der Waals surface area contributed by atoms with Gasteiger partial charge < -0.3 is 10.1 Å². The Labute approximate surface area is 135 Å². The second-order valence-corrected chi connectivity index (χ2v) is 6.17. The van der Waals surface area contributed by atoms with Gasteiger partial charge in [-0.25, -0.2) is 0 Å². The standard InChI is InChI=1S/C15H13N3O2S2/c1-20-11-6-4-10(5-7-11)9-13(19)16-15-17-14(18-22-15)12-3-2-8-21-12/h2-8H,9H2,1H3,(H,16,17,18,19). The molecule has 0 aliphatic rings. The van der Waals surface area contributed by atoms with Gasteiger partial charge in [-0.3, -0.25) is 4.79 Å². The molecule has 0 aliphatic carbocycles. The van der Waals surface area contributed by atoms with E-state index in [1.165, 1.54) is 11.5 Å². The first-order chi connectivity index (χ1) is 10.7. The fraction of sp³-hybridized carbons (Fsp3) is 0.133. The van der Waals surface area contributed by atoms with E-state index in [0.717, 1.165) is 16.2 Å². The molecule has 3 rings (SSSR count). The van der Waals surface area contributed by atoms with E-state index in [-0.39, 0.29) is 12.3 Å². The van der Waals surface area contributed by atoms with Gasteiger partial charge >= 0.3 is 0 Å². The van der Waals surface area contributed by atoms with E-state index in [0.29, 0.717) is 11.0 Å². The van der Waals surface area contributed by atoms with Gasteiger partial charge in [0, 0.05) is 11.5 Å². The maximum atomic E-state index is 12.0. The summed E-state index contributed by atoms with van der Waals surface area (Å²) >= 11 is 2.76. The molecule has 2 heterocycles. The van der Waals surface area contributed by atoms with Crippen molar-refractivity contribution >= 4 is 33.9 Å². The number of ether oxygens (including phenoxy) is 1. The number of aromatic nitrogens is 2. The Morgan fingerprint density at radius 3 is 2.77 bits per heavy atom. The van der Waals surface area contributed by atoms with Crippen molar-refractivity contribution < 1.29 is 9.53 Å². The largest absolute Gasteiger partial charge is 0.497 e. The molecule has 0 fully saturated rings. The van der Waals surface area contributed by atoms with Crippen LogP contribution in [0.1, 0.15) is 5.56 Å². The lowest BCUT2D eigenvalue weighted by Gasteiger charge is -2.03. The molecule has 1 aromatic carbocycles. The minimum absolute atomic E-state index is 0.112. The summed E-state index contributed by atoms with van der Waals surface area (Å²) < 4.78 is 9.34. The van der Waals surface area contributed by atoms with Crippen molar-refractivity contribution in [2.45, 2.75) is 6.42 Å². The lowest BCUT2D eigenvalue weighted by Crippen LogP contribution is -2.14. The minimum Gasteiger partial charge on any atom is -0.497 e. The molecule has 5 nitrogen and oxygen atoms in total. The summed E-state index contributed by atoms with van der Waals surface area (Å²) in [6, 6.07) is 11.3. The molecule has 1 amide bonds. The van der Waals surface area contributed by atoms with E-state index in [4.69, 9.17) is 4.74 Å². The highest BCUT2D eigenvalue weighted by Gasteiger charge is 2.10. The molecule has 0 unspecified atom stereocenters. The summed E-state index contributed by atoms with van der Waals surface area (Å²) in [5, 5.41) is 5.27. The average molecular weight is 331 g/mol. The number of methoxy groups -OCH3 is 1. The second kappa shape index (κ2) is 6.67. The number of anilines is 1. The maximum absolute atomic E-state index is 12.0. The van der Waals surface area contributed by atoms with E-state index >= 15 is 0 Å². The zero-order chi connectivity index (χ0) is 15.4.